The van der Waals surface area contributed by atoms with Gasteiger partial charge in [0.15, 0.2) is 5.65 Å². The zero-order valence-corrected chi connectivity index (χ0v) is 14.0. The van der Waals surface area contributed by atoms with Crippen LogP contribution >= 0.6 is 11.3 Å². The minimum atomic E-state index is 0.914. The van der Waals surface area contributed by atoms with Gasteiger partial charge in [-0.15, -0.1) is 11.3 Å². The quantitative estimate of drug-likeness (QED) is 0.464. The Morgan fingerprint density at radius 2 is 2.00 bits per heavy atom. The summed E-state index contributed by atoms with van der Waals surface area (Å²) in [4.78, 5) is 5.73. The van der Waals surface area contributed by atoms with Gasteiger partial charge in [0.1, 0.15) is 5.69 Å². The third-order valence-electron chi connectivity index (χ3n) is 4.13. The Morgan fingerprint density at radius 1 is 1.09 bits per heavy atom. The maximum atomic E-state index is 4.81. The van der Waals surface area contributed by atoms with Crippen molar-refractivity contribution in [1.29, 1.82) is 0 Å². The van der Waals surface area contributed by atoms with Gasteiger partial charge in [-0.25, -0.2) is 9.50 Å². The summed E-state index contributed by atoms with van der Waals surface area (Å²) in [6.45, 7) is 2.23. The Bertz CT molecular complexity index is 918. The minimum Gasteiger partial charge on any atom is -0.235 e. The van der Waals surface area contributed by atoms with Gasteiger partial charge in [0.05, 0.1) is 16.8 Å². The van der Waals surface area contributed by atoms with E-state index in [0.29, 0.717) is 0 Å². The highest BCUT2D eigenvalue weighted by molar-refractivity contribution is 7.22. The molecular formula is C19H19N3S. The molecule has 3 aromatic heterocycles. The second-order valence-corrected chi connectivity index (χ2v) is 6.93. The molecule has 0 fully saturated rings. The van der Waals surface area contributed by atoms with Gasteiger partial charge in [0.2, 0.25) is 0 Å². The van der Waals surface area contributed by atoms with Gasteiger partial charge in [-0.2, -0.15) is 5.10 Å². The van der Waals surface area contributed by atoms with E-state index >= 15 is 0 Å². The lowest BCUT2D eigenvalue weighted by Crippen LogP contribution is -1.99. The van der Waals surface area contributed by atoms with Crippen molar-refractivity contribution in [3.05, 3.63) is 54.4 Å². The molecule has 3 nitrogen and oxygen atoms in total. The van der Waals surface area contributed by atoms with Crippen molar-refractivity contribution < 1.29 is 0 Å². The van der Waals surface area contributed by atoms with Crippen molar-refractivity contribution in [2.24, 2.45) is 0 Å². The summed E-state index contributed by atoms with van der Waals surface area (Å²) in [7, 11) is 0. The zero-order chi connectivity index (χ0) is 15.6. The second-order valence-electron chi connectivity index (χ2n) is 5.84. The summed E-state index contributed by atoms with van der Waals surface area (Å²) >= 11 is 1.80. The molecule has 4 heteroatoms. The number of benzene rings is 1. The number of nitrogens with zero attached hydrogens (tertiary/aromatic N) is 3. The Labute approximate surface area is 139 Å². The summed E-state index contributed by atoms with van der Waals surface area (Å²) in [5.74, 6) is 0. The van der Waals surface area contributed by atoms with Crippen molar-refractivity contribution in [1.82, 2.24) is 14.6 Å². The first-order valence-electron chi connectivity index (χ1n) is 8.18. The Balaban J connectivity index is 1.75. The molecule has 0 saturated carbocycles. The van der Waals surface area contributed by atoms with Gasteiger partial charge in [-0.1, -0.05) is 38.0 Å². The summed E-state index contributed by atoms with van der Waals surface area (Å²) < 4.78 is 3.29. The van der Waals surface area contributed by atoms with Crippen LogP contribution in [-0.2, 0) is 6.42 Å². The molecule has 0 N–H and O–H groups in total. The fourth-order valence-corrected chi connectivity index (χ4v) is 3.93. The van der Waals surface area contributed by atoms with E-state index in [-0.39, 0.29) is 0 Å². The lowest BCUT2D eigenvalue weighted by atomic mass is 10.1. The average Bonchev–Trinajstić information content (AvgIpc) is 3.18. The molecule has 0 aliphatic heterocycles. The molecule has 0 atom stereocenters. The third kappa shape index (κ3) is 2.75. The number of thiophene rings is 1. The lowest BCUT2D eigenvalue weighted by molar-refractivity contribution is 0.695. The highest BCUT2D eigenvalue weighted by Gasteiger charge is 2.11. The van der Waals surface area contributed by atoms with Crippen LogP contribution in [0.2, 0.25) is 0 Å². The predicted molar refractivity (Wildman–Crippen MR) is 97.0 cm³/mol. The predicted octanol–water partition coefficient (Wildman–Crippen LogP) is 5.34. The largest absolute Gasteiger partial charge is 0.235 e. The van der Waals surface area contributed by atoms with Crippen LogP contribution in [0.3, 0.4) is 0 Å². The highest BCUT2D eigenvalue weighted by atomic mass is 32.1. The van der Waals surface area contributed by atoms with E-state index in [1.54, 1.807) is 11.3 Å². The van der Waals surface area contributed by atoms with Crippen LogP contribution in [0.25, 0.3) is 26.3 Å². The summed E-state index contributed by atoms with van der Waals surface area (Å²) in [5.41, 5.74) is 3.14. The standard InChI is InChI=1S/C19H19N3S/c1-2-3-4-8-15-10-11-19-20-13-16(22(19)21-15)18-12-14-7-5-6-9-17(14)23-18/h5-7,9-13H,2-4,8H2,1H3. The minimum absolute atomic E-state index is 0.914. The number of unbranched alkanes of at least 4 members (excludes halogenated alkanes) is 2. The van der Waals surface area contributed by atoms with Crippen LogP contribution in [0.4, 0.5) is 0 Å². The maximum Gasteiger partial charge on any atom is 0.154 e. The van der Waals surface area contributed by atoms with E-state index in [2.05, 4.69) is 54.4 Å². The van der Waals surface area contributed by atoms with Gasteiger partial charge in [-0.05, 0) is 42.5 Å². The van der Waals surface area contributed by atoms with Crippen molar-refractivity contribution in [3.8, 4) is 10.6 Å². The number of hydrogen-bond acceptors (Lipinski definition) is 3. The van der Waals surface area contributed by atoms with E-state index in [1.165, 1.54) is 34.2 Å². The maximum absolute atomic E-state index is 4.81. The topological polar surface area (TPSA) is 30.2 Å². The van der Waals surface area contributed by atoms with Crippen molar-refractivity contribution >= 4 is 27.1 Å². The fraction of sp³-hybridized carbons (Fsp3) is 0.263. The number of fused-ring (bicyclic) bond motifs is 2. The molecule has 116 valence electrons. The molecule has 0 saturated heterocycles. The summed E-state index contributed by atoms with van der Waals surface area (Å²) in [6.07, 6.45) is 6.66. The Hall–Kier alpha value is -2.20. The number of rotatable bonds is 5. The molecular weight excluding hydrogens is 302 g/mol. The van der Waals surface area contributed by atoms with Gasteiger partial charge < -0.3 is 0 Å². The molecule has 0 amide bonds. The zero-order valence-electron chi connectivity index (χ0n) is 13.2. The second kappa shape index (κ2) is 6.13. The van der Waals surface area contributed by atoms with Gasteiger partial charge >= 0.3 is 0 Å². The van der Waals surface area contributed by atoms with Gasteiger partial charge in [0.25, 0.3) is 0 Å². The Morgan fingerprint density at radius 3 is 2.87 bits per heavy atom. The summed E-state index contributed by atoms with van der Waals surface area (Å²) in [6, 6.07) is 14.9. The number of aromatic nitrogens is 3. The average molecular weight is 321 g/mol. The molecule has 0 spiro atoms. The van der Waals surface area contributed by atoms with Crippen LogP contribution in [0.5, 0.6) is 0 Å². The SMILES string of the molecule is CCCCCc1ccc2ncc(-c3cc4ccccc4s3)n2n1. The number of imidazole rings is 1. The number of hydrogen-bond donors (Lipinski definition) is 0. The molecule has 4 rings (SSSR count). The van der Waals surface area contributed by atoms with Crippen LogP contribution in [0.1, 0.15) is 31.9 Å². The Kier molecular flexibility index (Phi) is 3.83. The third-order valence-corrected chi connectivity index (χ3v) is 5.27. The number of aryl methyl sites for hydroxylation is 1. The molecule has 0 aliphatic rings. The van der Waals surface area contributed by atoms with Crippen molar-refractivity contribution in [2.45, 2.75) is 32.6 Å². The molecule has 0 aliphatic carbocycles. The van der Waals surface area contributed by atoms with Gasteiger partial charge in [-0.3, -0.25) is 0 Å². The fourth-order valence-electron chi connectivity index (χ4n) is 2.88. The monoisotopic (exact) mass is 321 g/mol. The van der Waals surface area contributed by atoms with Crippen LogP contribution in [0, 0.1) is 0 Å². The molecule has 3 heterocycles. The summed E-state index contributed by atoms with van der Waals surface area (Å²) in [5, 5.41) is 6.09. The first kappa shape index (κ1) is 14.4. The molecule has 4 aromatic rings. The van der Waals surface area contributed by atoms with Crippen LogP contribution in [-0.4, -0.2) is 14.6 Å². The molecule has 0 unspecified atom stereocenters. The van der Waals surface area contributed by atoms with Gasteiger partial charge in [0, 0.05) is 4.70 Å². The normalized spacial score (nSPS) is 11.5. The van der Waals surface area contributed by atoms with Crippen molar-refractivity contribution in [2.75, 3.05) is 0 Å². The molecule has 1 aromatic carbocycles. The van der Waals surface area contributed by atoms with E-state index in [4.69, 9.17) is 5.10 Å². The van der Waals surface area contributed by atoms with Crippen LogP contribution in [0.15, 0.2) is 48.7 Å². The highest BCUT2D eigenvalue weighted by Crippen LogP contribution is 2.33. The van der Waals surface area contributed by atoms with Crippen molar-refractivity contribution in [3.63, 3.8) is 0 Å². The molecule has 0 bridgehead atoms. The van der Waals surface area contributed by atoms with E-state index in [0.717, 1.165) is 23.5 Å². The molecule has 0 radical (unpaired) electrons. The lowest BCUT2D eigenvalue weighted by Gasteiger charge is -2.03. The van der Waals surface area contributed by atoms with E-state index < -0.39 is 0 Å². The van der Waals surface area contributed by atoms with E-state index in [9.17, 15) is 0 Å². The van der Waals surface area contributed by atoms with E-state index in [1.807, 2.05) is 10.7 Å². The smallest absolute Gasteiger partial charge is 0.154 e. The van der Waals surface area contributed by atoms with Crippen LogP contribution < -0.4 is 0 Å². The first-order chi connectivity index (χ1) is 11.3. The molecule has 23 heavy (non-hydrogen) atoms. The first-order valence-corrected chi connectivity index (χ1v) is 8.99.